The number of carbonyl (C=O) groups is 1. The Morgan fingerprint density at radius 3 is 2.50 bits per heavy atom. The molecule has 180 valence electrons. The molecule has 0 radical (unpaired) electrons. The van der Waals surface area contributed by atoms with Crippen LogP contribution in [0, 0.1) is 11.8 Å². The largest absolute Gasteiger partial charge is 0.481 e. The Morgan fingerprint density at radius 2 is 1.78 bits per heavy atom. The second-order valence-corrected chi connectivity index (χ2v) is 10.1. The van der Waals surface area contributed by atoms with Gasteiger partial charge in [-0.05, 0) is 43.6 Å². The van der Waals surface area contributed by atoms with Crippen molar-refractivity contribution in [3.05, 3.63) is 35.9 Å². The summed E-state index contributed by atoms with van der Waals surface area (Å²) >= 11 is 0. The zero-order chi connectivity index (χ0) is 22.8. The summed E-state index contributed by atoms with van der Waals surface area (Å²) in [7, 11) is 0. The van der Waals surface area contributed by atoms with E-state index in [-0.39, 0.29) is 6.42 Å². The Balaban J connectivity index is 1.46. The first kappa shape index (κ1) is 25.2. The summed E-state index contributed by atoms with van der Waals surface area (Å²) in [5.74, 6) is 0.433. The summed E-state index contributed by atoms with van der Waals surface area (Å²) in [4.78, 5) is 10.7. The first-order valence-corrected chi connectivity index (χ1v) is 12.8. The summed E-state index contributed by atoms with van der Waals surface area (Å²) in [5.41, 5.74) is 0.479. The SMILES string of the molecule is CCCCC(O)(CNC[C@@H]1[C@H](CCCCCCC(=O)O)[C@@H]2CC[C@H]1O2)Cc1ccccc1. The van der Waals surface area contributed by atoms with Crippen LogP contribution < -0.4 is 5.32 Å². The molecule has 2 fully saturated rings. The number of hydrogen-bond acceptors (Lipinski definition) is 4. The van der Waals surface area contributed by atoms with E-state index < -0.39 is 11.6 Å². The number of ether oxygens (including phenoxy) is 1. The van der Waals surface area contributed by atoms with E-state index in [0.717, 1.165) is 57.9 Å². The van der Waals surface area contributed by atoms with Crippen LogP contribution >= 0.6 is 0 Å². The third-order valence-electron chi connectivity index (χ3n) is 7.47. The van der Waals surface area contributed by atoms with Gasteiger partial charge in [-0.2, -0.15) is 0 Å². The lowest BCUT2D eigenvalue weighted by atomic mass is 9.76. The first-order valence-electron chi connectivity index (χ1n) is 12.8. The molecule has 5 atom stereocenters. The molecule has 5 heteroatoms. The molecule has 0 spiro atoms. The number of rotatable bonds is 16. The van der Waals surface area contributed by atoms with E-state index in [1.54, 1.807) is 0 Å². The standard InChI is InChI=1S/C27H43NO4/c1-2-3-17-27(31,18-21-11-7-6-8-12-21)20-28-19-23-22(24-15-16-25(23)32-24)13-9-4-5-10-14-26(29)30/h6-8,11-12,22-25,28,31H,2-5,9-10,13-20H2,1H3,(H,29,30)/t22-,23+,24-,25+,27?/m0/s1. The molecule has 0 saturated carbocycles. The fourth-order valence-electron chi connectivity index (χ4n) is 5.76. The second-order valence-electron chi connectivity index (χ2n) is 10.1. The van der Waals surface area contributed by atoms with Crippen molar-refractivity contribution < 1.29 is 19.7 Å². The smallest absolute Gasteiger partial charge is 0.303 e. The van der Waals surface area contributed by atoms with Gasteiger partial charge in [0.05, 0.1) is 17.8 Å². The van der Waals surface area contributed by atoms with Crippen molar-refractivity contribution in [3.63, 3.8) is 0 Å². The molecule has 3 N–H and O–H groups in total. The van der Waals surface area contributed by atoms with Crippen LogP contribution in [0.4, 0.5) is 0 Å². The van der Waals surface area contributed by atoms with Gasteiger partial charge in [-0.3, -0.25) is 4.79 Å². The Hall–Kier alpha value is -1.43. The van der Waals surface area contributed by atoms with Crippen LogP contribution in [0.1, 0.15) is 83.1 Å². The van der Waals surface area contributed by atoms with Gasteiger partial charge < -0.3 is 20.3 Å². The number of aliphatic hydroxyl groups is 1. The van der Waals surface area contributed by atoms with Gasteiger partial charge in [0.1, 0.15) is 0 Å². The lowest BCUT2D eigenvalue weighted by molar-refractivity contribution is -0.137. The first-order chi connectivity index (χ1) is 15.5. The minimum Gasteiger partial charge on any atom is -0.481 e. The molecule has 2 heterocycles. The average molecular weight is 446 g/mol. The zero-order valence-electron chi connectivity index (χ0n) is 19.8. The maximum Gasteiger partial charge on any atom is 0.303 e. The number of hydrogen-bond donors (Lipinski definition) is 3. The number of fused-ring (bicyclic) bond motifs is 2. The summed E-state index contributed by atoms with van der Waals surface area (Å²) < 4.78 is 6.27. The molecular weight excluding hydrogens is 402 g/mol. The van der Waals surface area contributed by atoms with Crippen molar-refractivity contribution in [1.29, 1.82) is 0 Å². The molecule has 2 aliphatic rings. The molecule has 0 aromatic heterocycles. The van der Waals surface area contributed by atoms with Gasteiger partial charge in [0, 0.05) is 31.8 Å². The minimum absolute atomic E-state index is 0.285. The van der Waals surface area contributed by atoms with E-state index in [0.29, 0.717) is 37.0 Å². The van der Waals surface area contributed by atoms with Gasteiger partial charge in [-0.15, -0.1) is 0 Å². The molecule has 1 aromatic carbocycles. The zero-order valence-corrected chi connectivity index (χ0v) is 19.8. The van der Waals surface area contributed by atoms with E-state index in [4.69, 9.17) is 9.84 Å². The van der Waals surface area contributed by atoms with Crippen molar-refractivity contribution in [2.45, 2.75) is 102 Å². The number of carboxylic acids is 1. The van der Waals surface area contributed by atoms with Crippen LogP contribution in [-0.2, 0) is 16.0 Å². The third kappa shape index (κ3) is 7.57. The fraction of sp³-hybridized carbons (Fsp3) is 0.741. The molecule has 1 unspecified atom stereocenters. The van der Waals surface area contributed by atoms with Crippen LogP contribution in [-0.4, -0.2) is 47.1 Å². The van der Waals surface area contributed by atoms with Gasteiger partial charge in [0.25, 0.3) is 0 Å². The van der Waals surface area contributed by atoms with Crippen molar-refractivity contribution >= 4 is 5.97 Å². The van der Waals surface area contributed by atoms with Gasteiger partial charge in [0.2, 0.25) is 0 Å². The van der Waals surface area contributed by atoms with Crippen LogP contribution in [0.2, 0.25) is 0 Å². The molecule has 0 amide bonds. The second kappa shape index (κ2) is 12.7. The lowest BCUT2D eigenvalue weighted by Crippen LogP contribution is -2.45. The number of carboxylic acid groups (broad SMARTS) is 1. The molecule has 2 bridgehead atoms. The van der Waals surface area contributed by atoms with E-state index in [2.05, 4.69) is 24.4 Å². The lowest BCUT2D eigenvalue weighted by Gasteiger charge is -2.32. The Labute approximate surface area is 193 Å². The summed E-state index contributed by atoms with van der Waals surface area (Å²) in [6, 6.07) is 10.3. The van der Waals surface area contributed by atoms with Crippen LogP contribution in [0.3, 0.4) is 0 Å². The molecule has 32 heavy (non-hydrogen) atoms. The van der Waals surface area contributed by atoms with Gasteiger partial charge in [0.15, 0.2) is 0 Å². The van der Waals surface area contributed by atoms with Crippen molar-refractivity contribution in [3.8, 4) is 0 Å². The van der Waals surface area contributed by atoms with Gasteiger partial charge in [-0.25, -0.2) is 0 Å². The summed E-state index contributed by atoms with van der Waals surface area (Å²) in [6.45, 7) is 3.71. The average Bonchev–Trinajstić information content (AvgIpc) is 3.37. The maximum atomic E-state index is 11.4. The third-order valence-corrected chi connectivity index (χ3v) is 7.47. The quantitative estimate of drug-likeness (QED) is 0.314. The van der Waals surface area contributed by atoms with Crippen LogP contribution in [0.15, 0.2) is 30.3 Å². The predicted octanol–water partition coefficient (Wildman–Crippen LogP) is 4.96. The van der Waals surface area contributed by atoms with E-state index >= 15 is 0 Å². The van der Waals surface area contributed by atoms with Crippen molar-refractivity contribution in [2.75, 3.05) is 13.1 Å². The van der Waals surface area contributed by atoms with Crippen LogP contribution in [0.5, 0.6) is 0 Å². The highest BCUT2D eigenvalue weighted by Gasteiger charge is 2.48. The topological polar surface area (TPSA) is 78.8 Å². The highest BCUT2D eigenvalue weighted by molar-refractivity contribution is 5.66. The normalized spacial score (nSPS) is 26.3. The van der Waals surface area contributed by atoms with E-state index in [1.807, 2.05) is 18.2 Å². The number of aliphatic carboxylic acids is 1. The van der Waals surface area contributed by atoms with E-state index in [1.165, 1.54) is 18.4 Å². The monoisotopic (exact) mass is 445 g/mol. The summed E-state index contributed by atoms with van der Waals surface area (Å²) in [6.07, 6.45) is 12.2. The van der Waals surface area contributed by atoms with Gasteiger partial charge in [-0.1, -0.05) is 69.4 Å². The summed E-state index contributed by atoms with van der Waals surface area (Å²) in [5, 5.41) is 23.8. The Morgan fingerprint density at radius 1 is 1.06 bits per heavy atom. The number of unbranched alkanes of at least 4 members (excludes halogenated alkanes) is 4. The van der Waals surface area contributed by atoms with E-state index in [9.17, 15) is 9.90 Å². The molecule has 2 saturated heterocycles. The molecule has 2 aliphatic heterocycles. The Bertz CT molecular complexity index is 681. The highest BCUT2D eigenvalue weighted by atomic mass is 16.5. The predicted molar refractivity (Wildman–Crippen MR) is 128 cm³/mol. The number of benzene rings is 1. The molecule has 5 nitrogen and oxygen atoms in total. The molecule has 3 rings (SSSR count). The maximum absolute atomic E-state index is 11.4. The molecule has 0 aliphatic carbocycles. The minimum atomic E-state index is -0.713. The fourth-order valence-corrected chi connectivity index (χ4v) is 5.76. The van der Waals surface area contributed by atoms with Crippen molar-refractivity contribution in [2.24, 2.45) is 11.8 Å². The number of nitrogens with one attached hydrogen (secondary N) is 1. The van der Waals surface area contributed by atoms with Crippen LogP contribution in [0.25, 0.3) is 0 Å². The Kier molecular flexibility index (Phi) is 10.0. The van der Waals surface area contributed by atoms with Crippen molar-refractivity contribution in [1.82, 2.24) is 5.32 Å². The van der Waals surface area contributed by atoms with Gasteiger partial charge >= 0.3 is 5.97 Å². The molecular formula is C27H43NO4. The highest BCUT2D eigenvalue weighted by Crippen LogP contribution is 2.45. The molecule has 1 aromatic rings.